The Labute approximate surface area is 145 Å². The van der Waals surface area contributed by atoms with Crippen LogP contribution in [0.3, 0.4) is 0 Å². The number of halogens is 3. The molecule has 1 saturated heterocycles. The van der Waals surface area contributed by atoms with E-state index >= 15 is 0 Å². The monoisotopic (exact) mass is 350 g/mol. The molecule has 0 amide bonds. The van der Waals surface area contributed by atoms with Crippen LogP contribution in [-0.2, 0) is 9.47 Å². The molecule has 25 heavy (non-hydrogen) atoms. The van der Waals surface area contributed by atoms with E-state index in [4.69, 9.17) is 9.47 Å². The van der Waals surface area contributed by atoms with Crippen LogP contribution >= 0.6 is 0 Å². The Morgan fingerprint density at radius 3 is 2.44 bits per heavy atom. The Bertz CT molecular complexity index is 753. The molecule has 2 unspecified atom stereocenters. The van der Waals surface area contributed by atoms with Crippen LogP contribution < -0.4 is 0 Å². The average molecular weight is 350 g/mol. The minimum atomic E-state index is -1.02. The molecule has 2 aromatic rings. The first kappa shape index (κ1) is 18.0. The summed E-state index contributed by atoms with van der Waals surface area (Å²) >= 11 is 0. The fraction of sp³-hybridized carbons (Fsp3) is 0.400. The Hall–Kier alpha value is -1.85. The number of rotatable bonds is 4. The quantitative estimate of drug-likeness (QED) is 0.741. The van der Waals surface area contributed by atoms with Crippen molar-refractivity contribution in [3.63, 3.8) is 0 Å². The molecule has 1 aliphatic heterocycles. The maximum Gasteiger partial charge on any atom is 0.167 e. The van der Waals surface area contributed by atoms with Crippen LogP contribution in [0.4, 0.5) is 13.2 Å². The summed E-state index contributed by atoms with van der Waals surface area (Å²) in [7, 11) is 0. The normalized spacial score (nSPS) is 20.7. The van der Waals surface area contributed by atoms with Crippen molar-refractivity contribution in [2.75, 3.05) is 13.2 Å². The number of benzene rings is 2. The lowest BCUT2D eigenvalue weighted by Crippen LogP contribution is -2.27. The highest BCUT2D eigenvalue weighted by atomic mass is 19.2. The van der Waals surface area contributed by atoms with Crippen molar-refractivity contribution in [1.82, 2.24) is 0 Å². The average Bonchev–Trinajstić information content (AvgIpc) is 2.61. The summed E-state index contributed by atoms with van der Waals surface area (Å²) in [5, 5.41) is 0. The Balaban J connectivity index is 1.82. The minimum absolute atomic E-state index is 0.0593. The van der Waals surface area contributed by atoms with Crippen LogP contribution in [0.1, 0.15) is 36.8 Å². The van der Waals surface area contributed by atoms with Crippen molar-refractivity contribution in [2.24, 2.45) is 0 Å². The Morgan fingerprint density at radius 2 is 1.80 bits per heavy atom. The van der Waals surface area contributed by atoms with E-state index in [1.807, 2.05) is 6.92 Å². The van der Waals surface area contributed by atoms with Gasteiger partial charge in [-0.3, -0.25) is 0 Å². The predicted molar refractivity (Wildman–Crippen MR) is 89.8 cm³/mol. The van der Waals surface area contributed by atoms with Crippen molar-refractivity contribution < 1.29 is 22.6 Å². The third-order valence-electron chi connectivity index (χ3n) is 4.62. The van der Waals surface area contributed by atoms with E-state index in [0.29, 0.717) is 13.2 Å². The number of hydrogen-bond acceptors (Lipinski definition) is 2. The maximum absolute atomic E-state index is 14.5. The van der Waals surface area contributed by atoms with E-state index in [-0.39, 0.29) is 28.9 Å². The third kappa shape index (κ3) is 3.72. The summed E-state index contributed by atoms with van der Waals surface area (Å²) in [5.74, 6) is -2.46. The molecule has 2 nitrogen and oxygen atoms in total. The minimum Gasteiger partial charge on any atom is -0.353 e. The third-order valence-corrected chi connectivity index (χ3v) is 4.62. The first-order chi connectivity index (χ1) is 12.0. The van der Waals surface area contributed by atoms with Crippen LogP contribution in [0.25, 0.3) is 11.1 Å². The second kappa shape index (κ2) is 7.58. The van der Waals surface area contributed by atoms with Crippen molar-refractivity contribution in [1.29, 1.82) is 0 Å². The zero-order valence-corrected chi connectivity index (χ0v) is 14.3. The molecule has 0 saturated carbocycles. The van der Waals surface area contributed by atoms with Crippen molar-refractivity contribution in [2.45, 2.75) is 38.9 Å². The molecule has 1 heterocycles. The summed E-state index contributed by atoms with van der Waals surface area (Å²) in [4.78, 5) is 0. The van der Waals surface area contributed by atoms with E-state index < -0.39 is 17.5 Å². The van der Waals surface area contributed by atoms with Gasteiger partial charge in [-0.2, -0.15) is 0 Å². The molecule has 0 bridgehead atoms. The molecule has 0 N–H and O–H groups in total. The van der Waals surface area contributed by atoms with Crippen molar-refractivity contribution in [3.05, 3.63) is 58.9 Å². The first-order valence-electron chi connectivity index (χ1n) is 8.48. The van der Waals surface area contributed by atoms with Gasteiger partial charge in [-0.1, -0.05) is 24.3 Å². The fourth-order valence-corrected chi connectivity index (χ4v) is 3.17. The van der Waals surface area contributed by atoms with Gasteiger partial charge in [0.2, 0.25) is 0 Å². The molecule has 0 aromatic heterocycles. The number of aryl methyl sites for hydroxylation is 1. The van der Waals surface area contributed by atoms with E-state index in [1.54, 1.807) is 6.07 Å². The highest BCUT2D eigenvalue weighted by Gasteiger charge is 2.24. The molecule has 134 valence electrons. The number of ether oxygens (including phenoxy) is 2. The molecular weight excluding hydrogens is 329 g/mol. The summed E-state index contributed by atoms with van der Waals surface area (Å²) in [6.45, 7) is 4.44. The van der Waals surface area contributed by atoms with Crippen molar-refractivity contribution in [3.8, 4) is 11.1 Å². The smallest absolute Gasteiger partial charge is 0.167 e. The van der Waals surface area contributed by atoms with Crippen LogP contribution in [0, 0.1) is 24.4 Å². The molecule has 3 rings (SSSR count). The molecule has 0 aliphatic carbocycles. The molecule has 1 aliphatic rings. The lowest BCUT2D eigenvalue weighted by molar-refractivity contribution is -0.164. The molecule has 2 atom stereocenters. The van der Waals surface area contributed by atoms with Gasteiger partial charge in [0.15, 0.2) is 17.9 Å². The second-order valence-electron chi connectivity index (χ2n) is 6.29. The van der Waals surface area contributed by atoms with Gasteiger partial charge in [0, 0.05) is 23.7 Å². The molecule has 5 heteroatoms. The second-order valence-corrected chi connectivity index (χ2v) is 6.29. The van der Waals surface area contributed by atoms with Crippen LogP contribution in [0.15, 0.2) is 30.3 Å². The molecule has 1 fully saturated rings. The SMILES string of the molecule is CCOC1CCC(c2ccc(-c3ccc(C)c(F)c3F)c(F)c2)CO1. The predicted octanol–water partition coefficient (Wildman–Crippen LogP) is 5.34. The fourth-order valence-electron chi connectivity index (χ4n) is 3.17. The van der Waals surface area contributed by atoms with E-state index in [2.05, 4.69) is 0 Å². The van der Waals surface area contributed by atoms with E-state index in [9.17, 15) is 13.2 Å². The van der Waals surface area contributed by atoms with Gasteiger partial charge in [-0.25, -0.2) is 13.2 Å². The Morgan fingerprint density at radius 1 is 1.04 bits per heavy atom. The van der Waals surface area contributed by atoms with E-state index in [1.165, 1.54) is 31.2 Å². The standard InChI is InChI=1S/C20H21F3O2/c1-3-24-18-9-6-14(11-25-18)13-5-8-15(17(21)10-13)16-7-4-12(2)19(22)20(16)23/h4-5,7-8,10,14,18H,3,6,9,11H2,1-2H3. The molecule has 0 spiro atoms. The summed E-state index contributed by atoms with van der Waals surface area (Å²) in [6.07, 6.45) is 1.38. The number of hydrogen-bond donors (Lipinski definition) is 0. The maximum atomic E-state index is 14.5. The first-order valence-corrected chi connectivity index (χ1v) is 8.48. The van der Waals surface area contributed by atoms with Gasteiger partial charge in [-0.05, 0) is 43.9 Å². The molecule has 2 aromatic carbocycles. The van der Waals surface area contributed by atoms with E-state index in [0.717, 1.165) is 18.4 Å². The van der Waals surface area contributed by atoms with Gasteiger partial charge in [0.25, 0.3) is 0 Å². The summed E-state index contributed by atoms with van der Waals surface area (Å²) in [5.41, 5.74) is 0.984. The van der Waals surface area contributed by atoms with Gasteiger partial charge in [-0.15, -0.1) is 0 Å². The van der Waals surface area contributed by atoms with Crippen LogP contribution in [0.2, 0.25) is 0 Å². The lowest BCUT2D eigenvalue weighted by Gasteiger charge is -2.29. The Kier molecular flexibility index (Phi) is 5.45. The molecule has 0 radical (unpaired) electrons. The largest absolute Gasteiger partial charge is 0.353 e. The van der Waals surface area contributed by atoms with Crippen molar-refractivity contribution >= 4 is 0 Å². The van der Waals surface area contributed by atoms with Gasteiger partial charge in [0.05, 0.1) is 6.61 Å². The lowest BCUT2D eigenvalue weighted by atomic mass is 9.91. The van der Waals surface area contributed by atoms with Gasteiger partial charge < -0.3 is 9.47 Å². The highest BCUT2D eigenvalue weighted by Crippen LogP contribution is 2.33. The molecular formula is C20H21F3O2. The zero-order valence-electron chi connectivity index (χ0n) is 14.3. The topological polar surface area (TPSA) is 18.5 Å². The summed E-state index contributed by atoms with van der Waals surface area (Å²) in [6, 6.07) is 7.50. The summed E-state index contributed by atoms with van der Waals surface area (Å²) < 4.78 is 53.5. The highest BCUT2D eigenvalue weighted by molar-refractivity contribution is 5.66. The van der Waals surface area contributed by atoms with Crippen LogP contribution in [0.5, 0.6) is 0 Å². The zero-order chi connectivity index (χ0) is 18.0. The van der Waals surface area contributed by atoms with Gasteiger partial charge in [0.1, 0.15) is 5.82 Å². The van der Waals surface area contributed by atoms with Crippen LogP contribution in [-0.4, -0.2) is 19.5 Å². The van der Waals surface area contributed by atoms with Gasteiger partial charge >= 0.3 is 0 Å².